The summed E-state index contributed by atoms with van der Waals surface area (Å²) < 4.78 is 44.9. The first-order valence-corrected chi connectivity index (χ1v) is 19.7. The summed E-state index contributed by atoms with van der Waals surface area (Å²) in [6.07, 6.45) is 0. The monoisotopic (exact) mass is 816 g/mol. The molecular formula is C48H36N2O11. The summed E-state index contributed by atoms with van der Waals surface area (Å²) in [5.74, 6) is 5.13. The largest absolute Gasteiger partial charge is 0.454 e. The molecule has 13 nitrogen and oxygen atoms in total. The lowest BCUT2D eigenvalue weighted by molar-refractivity contribution is 0.0766. The van der Waals surface area contributed by atoms with Crippen molar-refractivity contribution in [1.82, 2.24) is 10.2 Å². The number of fused-ring (bicyclic) bond motifs is 9. The number of hydrogen-bond acceptors (Lipinski definition) is 11. The Morgan fingerprint density at radius 3 is 1.79 bits per heavy atom. The third kappa shape index (κ3) is 6.03. The van der Waals surface area contributed by atoms with Gasteiger partial charge in [0.15, 0.2) is 46.0 Å². The maximum atomic E-state index is 13.5. The molecule has 2 N–H and O–H groups in total. The first-order valence-electron chi connectivity index (χ1n) is 19.7. The summed E-state index contributed by atoms with van der Waals surface area (Å²) in [6, 6.07) is 32.9. The maximum absolute atomic E-state index is 13.5. The van der Waals surface area contributed by atoms with Crippen LogP contribution in [0.4, 0.5) is 0 Å². The Hall–Kier alpha value is -7.64. The Morgan fingerprint density at radius 1 is 0.623 bits per heavy atom. The van der Waals surface area contributed by atoms with E-state index >= 15 is 0 Å². The van der Waals surface area contributed by atoms with Gasteiger partial charge in [0.05, 0.1) is 6.61 Å². The van der Waals surface area contributed by atoms with Crippen molar-refractivity contribution >= 4 is 33.4 Å². The minimum Gasteiger partial charge on any atom is -0.454 e. The minimum atomic E-state index is -0.313. The molecule has 0 atom stereocenters. The van der Waals surface area contributed by atoms with Crippen LogP contribution in [0.15, 0.2) is 103 Å². The van der Waals surface area contributed by atoms with Gasteiger partial charge in [-0.3, -0.25) is 9.59 Å². The van der Waals surface area contributed by atoms with E-state index in [1.807, 2.05) is 102 Å². The van der Waals surface area contributed by atoms with E-state index in [-0.39, 0.29) is 45.6 Å². The lowest BCUT2D eigenvalue weighted by Crippen LogP contribution is -2.23. The van der Waals surface area contributed by atoms with Crippen LogP contribution in [0.1, 0.15) is 37.4 Å². The molecule has 7 aromatic carbocycles. The molecule has 2 amide bonds. The quantitative estimate of drug-likeness (QED) is 0.169. The molecule has 0 saturated heterocycles. The normalized spacial score (nSPS) is 14.7. The average Bonchev–Trinajstić information content (AvgIpc) is 4.16. The summed E-state index contributed by atoms with van der Waals surface area (Å²) in [7, 11) is 1.56. The minimum absolute atomic E-state index is 0.0374. The first-order chi connectivity index (χ1) is 30.0. The number of carbonyl (C=O) groups excluding carboxylic acids is 2. The third-order valence-corrected chi connectivity index (χ3v) is 11.5. The number of nitrogens with zero attached hydrogens (tertiary/aromatic N) is 1. The Morgan fingerprint density at radius 2 is 1.16 bits per heavy atom. The number of ether oxygens (including phenoxy) is 8. The lowest BCUT2D eigenvalue weighted by atomic mass is 9.88. The van der Waals surface area contributed by atoms with E-state index in [4.69, 9.17) is 37.9 Å². The van der Waals surface area contributed by atoms with Crippen molar-refractivity contribution in [3.8, 4) is 68.2 Å². The highest BCUT2D eigenvalue weighted by Crippen LogP contribution is 2.50. The molecule has 5 aliphatic rings. The van der Waals surface area contributed by atoms with E-state index in [0.717, 1.165) is 72.2 Å². The van der Waals surface area contributed by atoms with Gasteiger partial charge in [-0.2, -0.15) is 0 Å². The van der Waals surface area contributed by atoms with Gasteiger partial charge < -0.3 is 53.2 Å². The Labute approximate surface area is 348 Å². The third-order valence-electron chi connectivity index (χ3n) is 11.5. The number of benzene rings is 7. The summed E-state index contributed by atoms with van der Waals surface area (Å²) in [5, 5.41) is 16.3. The van der Waals surface area contributed by atoms with Crippen LogP contribution in [0.5, 0.6) is 46.0 Å². The average molecular weight is 817 g/mol. The molecule has 0 spiro atoms. The first kappa shape index (κ1) is 36.4. The van der Waals surface area contributed by atoms with E-state index < -0.39 is 0 Å². The fraction of sp³-hybridized carbons (Fsp3) is 0.167. The molecule has 5 heterocycles. The van der Waals surface area contributed by atoms with Crippen molar-refractivity contribution in [3.63, 3.8) is 0 Å². The van der Waals surface area contributed by atoms with Crippen molar-refractivity contribution in [3.05, 3.63) is 131 Å². The molecule has 0 fully saturated rings. The molecule has 5 aliphatic heterocycles. The number of amides is 2. The predicted octanol–water partition coefficient (Wildman–Crippen LogP) is 7.94. The number of hydrogen-bond donors (Lipinski definition) is 2. The summed E-state index contributed by atoms with van der Waals surface area (Å²) in [5.41, 5.74) is 7.17. The van der Waals surface area contributed by atoms with Gasteiger partial charge in [-0.05, 0) is 98.2 Å². The molecule has 61 heavy (non-hydrogen) atoms. The molecule has 0 aliphatic carbocycles. The topological polar surface area (TPSA) is 143 Å². The summed E-state index contributed by atoms with van der Waals surface area (Å²) in [4.78, 5) is 27.9. The van der Waals surface area contributed by atoms with E-state index in [9.17, 15) is 14.7 Å². The molecule has 0 saturated carbocycles. The highest BCUT2D eigenvalue weighted by molar-refractivity contribution is 6.12. The fourth-order valence-electron chi connectivity index (χ4n) is 8.75. The van der Waals surface area contributed by atoms with Crippen molar-refractivity contribution in [1.29, 1.82) is 0 Å². The molecule has 0 bridgehead atoms. The number of nitrogens with one attached hydrogen (secondary N) is 1. The molecule has 0 radical (unpaired) electrons. The number of aliphatic hydroxyl groups excluding tert-OH is 1. The lowest BCUT2D eigenvalue weighted by Gasteiger charge is -2.18. The van der Waals surface area contributed by atoms with Crippen molar-refractivity contribution in [2.45, 2.75) is 19.7 Å². The molecular weight excluding hydrogens is 781 g/mol. The van der Waals surface area contributed by atoms with Crippen LogP contribution >= 0.6 is 0 Å². The zero-order chi connectivity index (χ0) is 41.2. The number of carbonyl (C=O) groups is 2. The molecule has 304 valence electrons. The van der Waals surface area contributed by atoms with Gasteiger partial charge in [0, 0.05) is 42.0 Å². The zero-order valence-electron chi connectivity index (χ0n) is 32.7. The van der Waals surface area contributed by atoms with E-state index in [1.54, 1.807) is 13.1 Å². The van der Waals surface area contributed by atoms with Crippen molar-refractivity contribution < 1.29 is 52.6 Å². The predicted molar refractivity (Wildman–Crippen MR) is 223 cm³/mol. The van der Waals surface area contributed by atoms with Gasteiger partial charge in [-0.1, -0.05) is 54.6 Å². The maximum Gasteiger partial charge on any atom is 0.254 e. The SMILES string of the molecule is CNC(=O)c1cc2ccc3c(c2c(-c2ccc4c(c2)OCO4)c1CO)OCO3.O=C1c2cc3ccc4c(c3c(-c3ccc5c(c3)OCO5)c2CN1Cc1ccccc1)OCO4. The molecule has 13 heteroatoms. The zero-order valence-corrected chi connectivity index (χ0v) is 32.7. The number of aliphatic hydroxyl groups is 1. The highest BCUT2D eigenvalue weighted by Gasteiger charge is 2.34. The van der Waals surface area contributed by atoms with Gasteiger partial charge in [0.25, 0.3) is 11.8 Å². The van der Waals surface area contributed by atoms with Gasteiger partial charge >= 0.3 is 0 Å². The van der Waals surface area contributed by atoms with E-state index in [0.29, 0.717) is 58.5 Å². The second-order valence-electron chi connectivity index (χ2n) is 14.9. The van der Waals surface area contributed by atoms with E-state index in [1.165, 1.54) is 0 Å². The van der Waals surface area contributed by atoms with Crippen LogP contribution in [0.3, 0.4) is 0 Å². The Kier molecular flexibility index (Phi) is 8.70. The molecule has 12 rings (SSSR count). The summed E-state index contributed by atoms with van der Waals surface area (Å²) in [6.45, 7) is 1.45. The smallest absolute Gasteiger partial charge is 0.254 e. The van der Waals surface area contributed by atoms with Crippen molar-refractivity contribution in [2.24, 2.45) is 0 Å². The Bertz CT molecular complexity index is 2970. The second kappa shape index (κ2) is 14.6. The standard InChI is InChI=1S/C27H19NO5.C21H17NO6/c29-27-19-10-17-7-9-22-26(33-15-31-22)25(17)24(18-6-8-21-23(11-18)32-14-30-21)20(19)13-28(27)12-16-4-2-1-3-5-16;1-22-21(24)13-6-11-3-5-16-20(28-10-26-16)19(11)18(14(13)8-23)12-2-4-15-17(7-12)27-9-25-15/h1-11H,12-15H2;2-7,23H,8-10H2,1H3,(H,22,24). The van der Waals surface area contributed by atoms with Crippen LogP contribution in [0, 0.1) is 0 Å². The van der Waals surface area contributed by atoms with Crippen LogP contribution in [-0.4, -0.2) is 56.0 Å². The molecule has 0 aromatic heterocycles. The molecule has 7 aromatic rings. The number of rotatable bonds is 6. The van der Waals surface area contributed by atoms with Crippen LogP contribution in [0.25, 0.3) is 43.8 Å². The van der Waals surface area contributed by atoms with Gasteiger partial charge in [-0.15, -0.1) is 0 Å². The van der Waals surface area contributed by atoms with Gasteiger partial charge in [-0.25, -0.2) is 0 Å². The Balaban J connectivity index is 0.000000140. The fourth-order valence-corrected chi connectivity index (χ4v) is 8.75. The highest BCUT2D eigenvalue weighted by atomic mass is 16.7. The van der Waals surface area contributed by atoms with E-state index in [2.05, 4.69) is 5.32 Å². The summed E-state index contributed by atoms with van der Waals surface area (Å²) >= 11 is 0. The van der Waals surface area contributed by atoms with Crippen LogP contribution in [0.2, 0.25) is 0 Å². The molecule has 0 unspecified atom stereocenters. The second-order valence-corrected chi connectivity index (χ2v) is 14.9. The van der Waals surface area contributed by atoms with Gasteiger partial charge in [0.2, 0.25) is 27.2 Å². The van der Waals surface area contributed by atoms with Crippen molar-refractivity contribution in [2.75, 3.05) is 34.2 Å². The van der Waals surface area contributed by atoms with Crippen LogP contribution < -0.4 is 43.2 Å². The van der Waals surface area contributed by atoms with Gasteiger partial charge in [0.1, 0.15) is 0 Å². The van der Waals surface area contributed by atoms with Crippen LogP contribution in [-0.2, 0) is 19.7 Å².